The molecule has 2 atom stereocenters. The SMILES string of the molecule is CN(C)[C@H](CNC(=O)N[C@@H](c1ccccc1)C1CC1)c1ccsc1. The second kappa shape index (κ2) is 7.81. The van der Waals surface area contributed by atoms with Crippen LogP contribution >= 0.6 is 11.3 Å². The van der Waals surface area contributed by atoms with Crippen molar-refractivity contribution in [2.75, 3.05) is 20.6 Å². The van der Waals surface area contributed by atoms with E-state index in [1.165, 1.54) is 24.0 Å². The number of amides is 2. The number of carbonyl (C=O) groups is 1. The molecule has 2 N–H and O–H groups in total. The molecule has 2 aromatic rings. The maximum Gasteiger partial charge on any atom is 0.315 e. The molecule has 0 bridgehead atoms. The molecule has 3 rings (SSSR count). The van der Waals surface area contributed by atoms with Crippen LogP contribution < -0.4 is 10.6 Å². The topological polar surface area (TPSA) is 44.4 Å². The van der Waals surface area contributed by atoms with Crippen LogP contribution in [0.1, 0.15) is 36.1 Å². The maximum atomic E-state index is 12.4. The van der Waals surface area contributed by atoms with Gasteiger partial charge in [-0.05, 0) is 60.8 Å². The molecule has 128 valence electrons. The van der Waals surface area contributed by atoms with Gasteiger partial charge in [-0.1, -0.05) is 30.3 Å². The van der Waals surface area contributed by atoms with Gasteiger partial charge in [0.1, 0.15) is 0 Å². The number of nitrogens with zero attached hydrogens (tertiary/aromatic N) is 1. The summed E-state index contributed by atoms with van der Waals surface area (Å²) in [5.41, 5.74) is 2.43. The van der Waals surface area contributed by atoms with Gasteiger partial charge in [0, 0.05) is 6.54 Å². The number of hydrogen-bond acceptors (Lipinski definition) is 3. The first-order valence-electron chi connectivity index (χ1n) is 8.43. The molecule has 1 aromatic heterocycles. The van der Waals surface area contributed by atoms with Crippen molar-refractivity contribution in [1.29, 1.82) is 0 Å². The number of rotatable bonds is 7. The zero-order chi connectivity index (χ0) is 16.9. The van der Waals surface area contributed by atoms with Gasteiger partial charge in [0.2, 0.25) is 0 Å². The van der Waals surface area contributed by atoms with Crippen molar-refractivity contribution in [2.45, 2.75) is 24.9 Å². The first-order chi connectivity index (χ1) is 11.6. The highest BCUT2D eigenvalue weighted by Crippen LogP contribution is 2.40. The minimum atomic E-state index is -0.0853. The van der Waals surface area contributed by atoms with E-state index in [2.05, 4.69) is 44.5 Å². The fourth-order valence-electron chi connectivity index (χ4n) is 3.01. The lowest BCUT2D eigenvalue weighted by atomic mass is 10.0. The van der Waals surface area contributed by atoms with Gasteiger partial charge in [-0.3, -0.25) is 0 Å². The van der Waals surface area contributed by atoms with Crippen LogP contribution in [0.3, 0.4) is 0 Å². The molecule has 1 fully saturated rings. The van der Waals surface area contributed by atoms with E-state index in [9.17, 15) is 4.79 Å². The molecule has 0 spiro atoms. The summed E-state index contributed by atoms with van der Waals surface area (Å²) < 4.78 is 0. The third-order valence-electron chi connectivity index (χ3n) is 4.55. The van der Waals surface area contributed by atoms with Gasteiger partial charge in [-0.25, -0.2) is 4.79 Å². The molecule has 0 unspecified atom stereocenters. The first kappa shape index (κ1) is 17.0. The van der Waals surface area contributed by atoms with Crippen molar-refractivity contribution in [3.63, 3.8) is 0 Å². The summed E-state index contributed by atoms with van der Waals surface area (Å²) in [7, 11) is 4.08. The van der Waals surface area contributed by atoms with Gasteiger partial charge in [0.15, 0.2) is 0 Å². The van der Waals surface area contributed by atoms with Gasteiger partial charge < -0.3 is 15.5 Å². The van der Waals surface area contributed by atoms with Crippen molar-refractivity contribution in [1.82, 2.24) is 15.5 Å². The lowest BCUT2D eigenvalue weighted by molar-refractivity contribution is 0.228. The van der Waals surface area contributed by atoms with Crippen LogP contribution in [0.4, 0.5) is 4.79 Å². The Morgan fingerprint density at radius 2 is 1.96 bits per heavy atom. The highest BCUT2D eigenvalue weighted by molar-refractivity contribution is 7.07. The van der Waals surface area contributed by atoms with E-state index >= 15 is 0 Å². The quantitative estimate of drug-likeness (QED) is 0.803. The summed E-state index contributed by atoms with van der Waals surface area (Å²) in [6, 6.07) is 12.6. The number of carbonyl (C=O) groups excluding carboxylic acids is 1. The van der Waals surface area contributed by atoms with Crippen LogP contribution in [0.2, 0.25) is 0 Å². The van der Waals surface area contributed by atoms with Crippen molar-refractivity contribution in [3.8, 4) is 0 Å². The molecule has 5 heteroatoms. The monoisotopic (exact) mass is 343 g/mol. The van der Waals surface area contributed by atoms with E-state index in [0.29, 0.717) is 12.5 Å². The standard InChI is InChI=1S/C19H25N3OS/c1-22(2)17(16-10-11-24-13-16)12-20-19(23)21-18(15-8-9-15)14-6-4-3-5-7-14/h3-7,10-11,13,15,17-18H,8-9,12H2,1-2H3,(H2,20,21,23)/t17-,18+/m1/s1. The van der Waals surface area contributed by atoms with Crippen LogP contribution in [0.5, 0.6) is 0 Å². The van der Waals surface area contributed by atoms with E-state index in [-0.39, 0.29) is 18.1 Å². The second-order valence-electron chi connectivity index (χ2n) is 6.62. The highest BCUT2D eigenvalue weighted by Gasteiger charge is 2.33. The Balaban J connectivity index is 1.58. The molecule has 1 aliphatic carbocycles. The van der Waals surface area contributed by atoms with Crippen LogP contribution in [-0.4, -0.2) is 31.6 Å². The summed E-state index contributed by atoms with van der Waals surface area (Å²) in [5.74, 6) is 0.569. The number of nitrogens with one attached hydrogen (secondary N) is 2. The molecule has 2 amide bonds. The summed E-state index contributed by atoms with van der Waals surface area (Å²) >= 11 is 1.68. The minimum Gasteiger partial charge on any atom is -0.336 e. The number of benzene rings is 1. The predicted octanol–water partition coefficient (Wildman–Crippen LogP) is 3.80. The Morgan fingerprint density at radius 3 is 2.54 bits per heavy atom. The number of hydrogen-bond donors (Lipinski definition) is 2. The number of likely N-dealkylation sites (N-methyl/N-ethyl adjacent to an activating group) is 1. The van der Waals surface area contributed by atoms with Crippen LogP contribution in [0.25, 0.3) is 0 Å². The van der Waals surface area contributed by atoms with E-state index < -0.39 is 0 Å². The molecule has 1 saturated carbocycles. The maximum absolute atomic E-state index is 12.4. The lowest BCUT2D eigenvalue weighted by Gasteiger charge is -2.25. The van der Waals surface area contributed by atoms with Crippen LogP contribution in [0.15, 0.2) is 47.2 Å². The summed E-state index contributed by atoms with van der Waals surface area (Å²) in [6.45, 7) is 0.599. The average molecular weight is 343 g/mol. The molecular formula is C19H25N3OS. The molecule has 0 radical (unpaired) electrons. The zero-order valence-corrected chi connectivity index (χ0v) is 15.1. The van der Waals surface area contributed by atoms with Gasteiger partial charge in [0.05, 0.1) is 12.1 Å². The highest BCUT2D eigenvalue weighted by atomic mass is 32.1. The first-order valence-corrected chi connectivity index (χ1v) is 9.37. The minimum absolute atomic E-state index is 0.0853. The smallest absolute Gasteiger partial charge is 0.315 e. The van der Waals surface area contributed by atoms with Crippen molar-refractivity contribution < 1.29 is 4.79 Å². The van der Waals surface area contributed by atoms with Gasteiger partial charge in [-0.2, -0.15) is 11.3 Å². The van der Waals surface area contributed by atoms with Crippen molar-refractivity contribution in [3.05, 3.63) is 58.3 Å². The summed E-state index contributed by atoms with van der Waals surface area (Å²) in [6.07, 6.45) is 2.38. The van der Waals surface area contributed by atoms with Crippen molar-refractivity contribution >= 4 is 17.4 Å². The van der Waals surface area contributed by atoms with Gasteiger partial charge in [-0.15, -0.1) is 0 Å². The third-order valence-corrected chi connectivity index (χ3v) is 5.25. The lowest BCUT2D eigenvalue weighted by Crippen LogP contribution is -2.42. The van der Waals surface area contributed by atoms with E-state index in [4.69, 9.17) is 0 Å². The fraction of sp³-hybridized carbons (Fsp3) is 0.421. The van der Waals surface area contributed by atoms with Gasteiger partial charge >= 0.3 is 6.03 Å². The summed E-state index contributed by atoms with van der Waals surface area (Å²) in [4.78, 5) is 14.6. The number of thiophene rings is 1. The second-order valence-corrected chi connectivity index (χ2v) is 7.40. The Labute approximate surface area is 147 Å². The predicted molar refractivity (Wildman–Crippen MR) is 99.2 cm³/mol. The largest absolute Gasteiger partial charge is 0.336 e. The average Bonchev–Trinajstić information content (AvgIpc) is 3.28. The molecule has 0 aliphatic heterocycles. The van der Waals surface area contributed by atoms with E-state index in [1.807, 2.05) is 32.3 Å². The fourth-order valence-corrected chi connectivity index (χ4v) is 3.72. The normalized spacial score (nSPS) is 16.6. The number of urea groups is 1. The molecular weight excluding hydrogens is 318 g/mol. The van der Waals surface area contributed by atoms with E-state index in [1.54, 1.807) is 11.3 Å². The Bertz CT molecular complexity index is 638. The van der Waals surface area contributed by atoms with Crippen molar-refractivity contribution in [2.24, 2.45) is 5.92 Å². The van der Waals surface area contributed by atoms with E-state index in [0.717, 1.165) is 0 Å². The Hall–Kier alpha value is -1.85. The molecule has 24 heavy (non-hydrogen) atoms. The molecule has 4 nitrogen and oxygen atoms in total. The van der Waals surface area contributed by atoms with Crippen LogP contribution in [0, 0.1) is 5.92 Å². The Morgan fingerprint density at radius 1 is 1.21 bits per heavy atom. The van der Waals surface area contributed by atoms with Crippen LogP contribution in [-0.2, 0) is 0 Å². The molecule has 1 aromatic carbocycles. The van der Waals surface area contributed by atoms with Gasteiger partial charge in [0.25, 0.3) is 0 Å². The molecule has 0 saturated heterocycles. The zero-order valence-electron chi connectivity index (χ0n) is 14.2. The third kappa shape index (κ3) is 4.36. The molecule has 1 heterocycles. The Kier molecular flexibility index (Phi) is 5.53. The summed E-state index contributed by atoms with van der Waals surface area (Å²) in [5, 5.41) is 10.4. The molecule has 1 aliphatic rings.